The summed E-state index contributed by atoms with van der Waals surface area (Å²) in [4.78, 5) is 37.2. The number of nitriles is 1. The van der Waals surface area contributed by atoms with E-state index >= 15 is 0 Å². The molecular formula is C39H56N6O4. The summed E-state index contributed by atoms with van der Waals surface area (Å²) >= 11 is 0. The van der Waals surface area contributed by atoms with E-state index in [-0.39, 0.29) is 36.2 Å². The number of piperazine rings is 1. The molecule has 7 atom stereocenters. The molecule has 0 radical (unpaired) electrons. The number of likely N-dealkylation sites (tertiary alicyclic amines) is 1. The minimum Gasteiger partial charge on any atom is -0.362 e. The Morgan fingerprint density at radius 3 is 2.57 bits per heavy atom. The number of hydrogen-bond donors (Lipinski definition) is 1. The molecule has 0 aromatic heterocycles. The van der Waals surface area contributed by atoms with Crippen molar-refractivity contribution in [3.63, 3.8) is 0 Å². The number of carbonyl (C=O) groups is 2. The Hall–Kier alpha value is -2.65. The van der Waals surface area contributed by atoms with Crippen LogP contribution in [0.2, 0.25) is 0 Å². The molecule has 49 heavy (non-hydrogen) atoms. The summed E-state index contributed by atoms with van der Waals surface area (Å²) in [5.41, 5.74) is 1.54. The first kappa shape index (κ1) is 34.8. The van der Waals surface area contributed by atoms with Gasteiger partial charge in [0.2, 0.25) is 5.91 Å². The van der Waals surface area contributed by atoms with E-state index in [1.54, 1.807) is 0 Å². The molecule has 1 N–H and O–H groups in total. The maximum atomic E-state index is 15.0. The molecule has 2 saturated carbocycles. The van der Waals surface area contributed by atoms with Gasteiger partial charge in [0.15, 0.2) is 12.1 Å². The lowest BCUT2D eigenvalue weighted by Crippen LogP contribution is -2.77. The fourth-order valence-electron chi connectivity index (χ4n) is 9.98. The molecule has 1 aromatic rings. The van der Waals surface area contributed by atoms with E-state index < -0.39 is 18.0 Å². The molecule has 7 rings (SSSR count). The quantitative estimate of drug-likeness (QED) is 0.428. The maximum Gasteiger partial charge on any atom is 0.246 e. The third-order valence-corrected chi connectivity index (χ3v) is 12.7. The van der Waals surface area contributed by atoms with E-state index in [2.05, 4.69) is 57.9 Å². The van der Waals surface area contributed by atoms with Gasteiger partial charge in [-0.3, -0.25) is 19.8 Å². The zero-order chi connectivity index (χ0) is 34.0. The molecule has 10 heteroatoms. The van der Waals surface area contributed by atoms with Gasteiger partial charge in [0.1, 0.15) is 5.60 Å². The predicted octanol–water partition coefficient (Wildman–Crippen LogP) is 4.20. The van der Waals surface area contributed by atoms with Gasteiger partial charge in [-0.15, -0.1) is 0 Å². The summed E-state index contributed by atoms with van der Waals surface area (Å²) < 4.78 is 13.6. The fourth-order valence-corrected chi connectivity index (χ4v) is 9.98. The lowest BCUT2D eigenvalue weighted by atomic mass is 9.68. The largest absolute Gasteiger partial charge is 0.362 e. The molecule has 1 aromatic carbocycles. The number of benzene rings is 1. The van der Waals surface area contributed by atoms with Gasteiger partial charge in [0, 0.05) is 44.1 Å². The Kier molecular flexibility index (Phi) is 10.9. The minimum absolute atomic E-state index is 0.0303. The van der Waals surface area contributed by atoms with Crippen LogP contribution in [0, 0.1) is 17.2 Å². The number of rotatable bonds is 7. The van der Waals surface area contributed by atoms with Crippen LogP contribution in [0.4, 0.5) is 0 Å². The average Bonchev–Trinajstić information content (AvgIpc) is 3.52. The van der Waals surface area contributed by atoms with Crippen molar-refractivity contribution in [2.45, 2.75) is 132 Å². The van der Waals surface area contributed by atoms with Crippen LogP contribution < -0.4 is 5.32 Å². The highest BCUT2D eigenvalue weighted by Gasteiger charge is 2.59. The number of ether oxygens (including phenoxy) is 2. The summed E-state index contributed by atoms with van der Waals surface area (Å²) in [7, 11) is 2.19. The SMILES string of the molecule is C=CC(=O)N1CCN(C2C3CC[C@]4(Cc5ccccc5CO4)C(=O)C3NC(OCC3CCCN3C)N2C2CCCCCCC2)CC1CC#N. The Balaban J connectivity index is 1.24. The summed E-state index contributed by atoms with van der Waals surface area (Å²) in [6.45, 7) is 7.70. The van der Waals surface area contributed by atoms with Crippen molar-refractivity contribution in [3.05, 3.63) is 48.0 Å². The molecule has 6 aliphatic rings. The third-order valence-electron chi connectivity index (χ3n) is 12.7. The van der Waals surface area contributed by atoms with Crippen molar-refractivity contribution < 1.29 is 19.1 Å². The van der Waals surface area contributed by atoms with Gasteiger partial charge >= 0.3 is 0 Å². The van der Waals surface area contributed by atoms with Crippen LogP contribution in [0.25, 0.3) is 0 Å². The second-order valence-corrected chi connectivity index (χ2v) is 15.5. The lowest BCUT2D eigenvalue weighted by molar-refractivity contribution is -0.223. The molecule has 1 amide bonds. The van der Waals surface area contributed by atoms with Crippen molar-refractivity contribution in [2.75, 3.05) is 39.8 Å². The summed E-state index contributed by atoms with van der Waals surface area (Å²) in [6, 6.07) is 10.7. The van der Waals surface area contributed by atoms with E-state index in [9.17, 15) is 14.9 Å². The number of nitrogens with one attached hydrogen (secondary N) is 1. The molecule has 1 spiro atoms. The number of hydrogen-bond acceptors (Lipinski definition) is 9. The lowest BCUT2D eigenvalue weighted by Gasteiger charge is -2.60. The van der Waals surface area contributed by atoms with E-state index in [0.29, 0.717) is 57.8 Å². The van der Waals surface area contributed by atoms with Crippen LogP contribution >= 0.6 is 0 Å². The molecule has 5 fully saturated rings. The number of amides is 1. The molecule has 266 valence electrons. The minimum atomic E-state index is -0.843. The average molecular weight is 673 g/mol. The van der Waals surface area contributed by atoms with Crippen molar-refractivity contribution >= 4 is 11.7 Å². The summed E-state index contributed by atoms with van der Waals surface area (Å²) in [5.74, 6) is 0.0651. The normalized spacial score (nSPS) is 35.3. The van der Waals surface area contributed by atoms with Crippen molar-refractivity contribution in [1.82, 2.24) is 24.9 Å². The Bertz CT molecular complexity index is 1390. The Labute approximate surface area is 292 Å². The standard InChI is InChI=1S/C39H56N6O4/c1-3-34(46)44-23-22-43(25-31(44)18-20-40)37-33-17-19-39(24-28-12-9-10-13-29(28)26-49-39)36(47)35(33)41-38(48-27-32-16-11-21-42(32)2)45(37)30-14-7-5-4-6-8-15-30/h3,9-10,12-13,30-33,35,37-38,41H,1,4-8,11,14-19,21-27H2,2H3/t31?,32?,33?,35?,37?,38?,39-/m0/s1. The highest BCUT2D eigenvalue weighted by molar-refractivity contribution is 5.94. The highest BCUT2D eigenvalue weighted by Crippen LogP contribution is 2.45. The van der Waals surface area contributed by atoms with Crippen LogP contribution in [0.1, 0.15) is 88.2 Å². The second kappa shape index (κ2) is 15.3. The van der Waals surface area contributed by atoms with Crippen molar-refractivity contribution in [3.8, 4) is 6.07 Å². The molecule has 4 aliphatic heterocycles. The number of fused-ring (bicyclic) bond motifs is 2. The molecule has 2 aliphatic carbocycles. The number of Topliss-reactive ketones (excluding diaryl/α,β-unsaturated/α-hetero) is 1. The van der Waals surface area contributed by atoms with Crippen molar-refractivity contribution in [2.24, 2.45) is 5.92 Å². The molecule has 10 nitrogen and oxygen atoms in total. The maximum absolute atomic E-state index is 15.0. The zero-order valence-corrected chi connectivity index (χ0v) is 29.4. The van der Waals surface area contributed by atoms with Gasteiger partial charge in [-0.1, -0.05) is 62.9 Å². The molecule has 3 saturated heterocycles. The number of likely N-dealkylation sites (N-methyl/N-ethyl adjacent to an activating group) is 1. The van der Waals surface area contributed by atoms with Crippen LogP contribution in [-0.2, 0) is 32.1 Å². The summed E-state index contributed by atoms with van der Waals surface area (Å²) in [5, 5.41) is 13.7. The number of carbonyl (C=O) groups excluding carboxylic acids is 2. The first-order chi connectivity index (χ1) is 23.9. The van der Waals surface area contributed by atoms with Crippen LogP contribution in [0.3, 0.4) is 0 Å². The number of nitrogens with zero attached hydrogens (tertiary/aromatic N) is 5. The van der Waals surface area contributed by atoms with E-state index in [1.807, 2.05) is 11.0 Å². The highest BCUT2D eigenvalue weighted by atomic mass is 16.5. The van der Waals surface area contributed by atoms with Gasteiger partial charge in [0.25, 0.3) is 0 Å². The molecule has 4 heterocycles. The smallest absolute Gasteiger partial charge is 0.246 e. The first-order valence-corrected chi connectivity index (χ1v) is 19.1. The van der Waals surface area contributed by atoms with Crippen LogP contribution in [-0.4, -0.2) is 113 Å². The molecular weight excluding hydrogens is 616 g/mol. The van der Waals surface area contributed by atoms with Crippen molar-refractivity contribution in [1.29, 1.82) is 5.26 Å². The third kappa shape index (κ3) is 7.00. The second-order valence-electron chi connectivity index (χ2n) is 15.5. The van der Waals surface area contributed by atoms with Gasteiger partial charge in [-0.2, -0.15) is 5.26 Å². The topological polar surface area (TPSA) is 101 Å². The van der Waals surface area contributed by atoms with E-state index in [4.69, 9.17) is 9.47 Å². The van der Waals surface area contributed by atoms with Gasteiger partial charge in [-0.25, -0.2) is 4.90 Å². The van der Waals surface area contributed by atoms with Crippen LogP contribution in [0.5, 0.6) is 0 Å². The molecule has 6 unspecified atom stereocenters. The molecule has 0 bridgehead atoms. The zero-order valence-electron chi connectivity index (χ0n) is 29.4. The van der Waals surface area contributed by atoms with E-state index in [0.717, 1.165) is 32.2 Å². The first-order valence-electron chi connectivity index (χ1n) is 19.1. The summed E-state index contributed by atoms with van der Waals surface area (Å²) in [6.07, 6.45) is 14.0. The van der Waals surface area contributed by atoms with Crippen LogP contribution in [0.15, 0.2) is 36.9 Å². The predicted molar refractivity (Wildman–Crippen MR) is 187 cm³/mol. The number of ketones is 1. The van der Waals surface area contributed by atoms with Gasteiger partial charge in [0.05, 0.1) is 44.0 Å². The monoisotopic (exact) mass is 672 g/mol. The van der Waals surface area contributed by atoms with Gasteiger partial charge in [-0.05, 0) is 69.3 Å². The Morgan fingerprint density at radius 1 is 1.06 bits per heavy atom. The van der Waals surface area contributed by atoms with Gasteiger partial charge < -0.3 is 19.3 Å². The van der Waals surface area contributed by atoms with E-state index in [1.165, 1.54) is 55.7 Å². The fraction of sp³-hybridized carbons (Fsp3) is 0.718. The Morgan fingerprint density at radius 2 is 1.84 bits per heavy atom.